The first-order valence-electron chi connectivity index (χ1n) is 15.7. The Morgan fingerprint density at radius 2 is 1.71 bits per heavy atom. The van der Waals surface area contributed by atoms with Gasteiger partial charge in [0.1, 0.15) is 6.54 Å². The van der Waals surface area contributed by atoms with Crippen LogP contribution in [0.15, 0.2) is 72.8 Å². The summed E-state index contributed by atoms with van der Waals surface area (Å²) in [7, 11) is 0. The minimum Gasteiger partial charge on any atom is -0.465 e. The number of esters is 1. The molecule has 240 valence electrons. The van der Waals surface area contributed by atoms with Gasteiger partial charge in [-0.2, -0.15) is 0 Å². The topological polar surface area (TPSA) is 130 Å². The molecule has 3 aromatic rings. The molecule has 2 heterocycles. The molecule has 2 aliphatic heterocycles. The Morgan fingerprint density at radius 3 is 2.44 bits per heavy atom. The monoisotopic (exact) mass is 617 g/mol. The number of rotatable bonds is 12. The summed E-state index contributed by atoms with van der Waals surface area (Å²) in [6, 6.07) is 23.6. The van der Waals surface area contributed by atoms with E-state index in [1.807, 2.05) is 72.8 Å². The maximum Gasteiger partial charge on any atom is 0.325 e. The summed E-state index contributed by atoms with van der Waals surface area (Å²) in [6.07, 6.45) is 1.97. The molecule has 2 amide bonds. The van der Waals surface area contributed by atoms with Gasteiger partial charge in [-0.05, 0) is 60.2 Å². The van der Waals surface area contributed by atoms with E-state index < -0.39 is 18.3 Å². The molecule has 0 spiro atoms. The number of aliphatic hydroxyl groups is 2. The summed E-state index contributed by atoms with van der Waals surface area (Å²) in [5.41, 5.74) is 5.75. The number of benzene rings is 3. The molecule has 4 atom stereocenters. The summed E-state index contributed by atoms with van der Waals surface area (Å²) in [4.78, 5) is 25.9. The fourth-order valence-corrected chi connectivity index (χ4v) is 5.94. The van der Waals surface area contributed by atoms with Crippen LogP contribution >= 0.6 is 0 Å². The van der Waals surface area contributed by atoms with Crippen LogP contribution in [0.1, 0.15) is 60.8 Å². The molecular formula is C35H43N3O7. The number of carbonyl (C=O) groups excluding carboxylic acids is 2. The molecule has 10 nitrogen and oxygen atoms in total. The summed E-state index contributed by atoms with van der Waals surface area (Å²) in [5.74, 6) is -0.480. The average molecular weight is 618 g/mol. The van der Waals surface area contributed by atoms with Crippen molar-refractivity contribution in [1.29, 1.82) is 0 Å². The van der Waals surface area contributed by atoms with Gasteiger partial charge in [0.2, 0.25) is 0 Å². The molecule has 0 unspecified atom stereocenters. The molecule has 4 N–H and O–H groups in total. The predicted molar refractivity (Wildman–Crippen MR) is 169 cm³/mol. The summed E-state index contributed by atoms with van der Waals surface area (Å²) >= 11 is 0. The Balaban J connectivity index is 1.25. The fourth-order valence-electron chi connectivity index (χ4n) is 5.94. The number of aliphatic hydroxyl groups excluding tert-OH is 2. The van der Waals surface area contributed by atoms with E-state index in [1.54, 1.807) is 6.92 Å². The van der Waals surface area contributed by atoms with Crippen molar-refractivity contribution in [3.63, 3.8) is 0 Å². The molecule has 2 saturated heterocycles. The van der Waals surface area contributed by atoms with Gasteiger partial charge in [0.15, 0.2) is 6.29 Å². The SMILES string of the molecule is CCOC(=O)CNC(=O)NCc1cccc(-c2ccc([C@@H]3O[C@H](CN4CCC[C@H]4CO)C[C@H](c4ccc(CO)cc4)O3)cc2)c1. The second-order valence-corrected chi connectivity index (χ2v) is 11.5. The van der Waals surface area contributed by atoms with Gasteiger partial charge in [-0.15, -0.1) is 0 Å². The summed E-state index contributed by atoms with van der Waals surface area (Å²) < 4.78 is 17.9. The van der Waals surface area contributed by atoms with Crippen LogP contribution in [0.4, 0.5) is 4.79 Å². The maximum atomic E-state index is 12.1. The van der Waals surface area contributed by atoms with Crippen LogP contribution in [0.3, 0.4) is 0 Å². The van der Waals surface area contributed by atoms with Gasteiger partial charge in [-0.3, -0.25) is 9.69 Å². The lowest BCUT2D eigenvalue weighted by molar-refractivity contribution is -0.253. The molecule has 0 bridgehead atoms. The molecule has 0 radical (unpaired) electrons. The van der Waals surface area contributed by atoms with Crippen LogP contribution in [0.25, 0.3) is 11.1 Å². The second kappa shape index (κ2) is 16.0. The first-order chi connectivity index (χ1) is 21.9. The third-order valence-electron chi connectivity index (χ3n) is 8.36. The number of hydrogen-bond donors (Lipinski definition) is 4. The van der Waals surface area contributed by atoms with Crippen molar-refractivity contribution >= 4 is 12.0 Å². The van der Waals surface area contributed by atoms with Gasteiger partial charge < -0.3 is 35.1 Å². The van der Waals surface area contributed by atoms with Crippen molar-refractivity contribution in [2.75, 3.05) is 32.8 Å². The normalized spacial score (nSPS) is 21.8. The minimum absolute atomic E-state index is 0.00407. The molecule has 3 aromatic carbocycles. The van der Waals surface area contributed by atoms with E-state index in [0.717, 1.165) is 59.3 Å². The molecule has 2 aliphatic rings. The maximum absolute atomic E-state index is 12.1. The Labute approximate surface area is 264 Å². The highest BCUT2D eigenvalue weighted by molar-refractivity contribution is 5.80. The molecule has 0 aromatic heterocycles. The van der Waals surface area contributed by atoms with Crippen molar-refractivity contribution in [3.8, 4) is 11.1 Å². The third kappa shape index (κ3) is 8.90. The molecule has 45 heavy (non-hydrogen) atoms. The van der Waals surface area contributed by atoms with Crippen LogP contribution in [-0.4, -0.2) is 72.1 Å². The van der Waals surface area contributed by atoms with Crippen molar-refractivity contribution in [1.82, 2.24) is 15.5 Å². The zero-order chi connectivity index (χ0) is 31.6. The summed E-state index contributed by atoms with van der Waals surface area (Å²) in [5, 5.41) is 24.6. The molecule has 10 heteroatoms. The van der Waals surface area contributed by atoms with Crippen molar-refractivity contribution in [2.45, 2.75) is 63.9 Å². The van der Waals surface area contributed by atoms with Crippen LogP contribution in [0, 0.1) is 0 Å². The highest BCUT2D eigenvalue weighted by Crippen LogP contribution is 2.39. The van der Waals surface area contributed by atoms with Crippen molar-refractivity contribution < 1.29 is 34.0 Å². The fraction of sp³-hybridized carbons (Fsp3) is 0.429. The Morgan fingerprint density at radius 1 is 0.933 bits per heavy atom. The molecule has 2 fully saturated rings. The molecule has 5 rings (SSSR count). The lowest BCUT2D eigenvalue weighted by Gasteiger charge is -2.38. The number of ether oxygens (including phenoxy) is 3. The zero-order valence-corrected chi connectivity index (χ0v) is 25.7. The second-order valence-electron chi connectivity index (χ2n) is 11.5. The number of likely N-dealkylation sites (tertiary alicyclic amines) is 1. The van der Waals surface area contributed by atoms with Crippen molar-refractivity contribution in [3.05, 3.63) is 95.1 Å². The Hall–Kier alpha value is -3.80. The van der Waals surface area contributed by atoms with E-state index in [1.165, 1.54) is 0 Å². The largest absolute Gasteiger partial charge is 0.465 e. The minimum atomic E-state index is -0.556. The molecule has 0 aliphatic carbocycles. The lowest BCUT2D eigenvalue weighted by Crippen LogP contribution is -2.42. The Bertz CT molecular complexity index is 1400. The van der Waals surface area contributed by atoms with Crippen LogP contribution in [-0.2, 0) is 32.2 Å². The van der Waals surface area contributed by atoms with E-state index >= 15 is 0 Å². The van der Waals surface area contributed by atoms with Crippen LogP contribution in [0.2, 0.25) is 0 Å². The predicted octanol–water partition coefficient (Wildman–Crippen LogP) is 4.21. The quantitative estimate of drug-likeness (QED) is 0.223. The van der Waals surface area contributed by atoms with E-state index in [2.05, 4.69) is 15.5 Å². The Kier molecular flexibility index (Phi) is 11.6. The third-order valence-corrected chi connectivity index (χ3v) is 8.36. The first kappa shape index (κ1) is 32.6. The standard InChI is InChI=1S/C35H43N3O7/c1-2-43-33(41)20-37-35(42)36-19-25-5-3-6-29(17-25)26-12-14-28(15-13-26)34-44-31(21-38-16-4-7-30(38)23-40)18-32(45-34)27-10-8-24(22-39)9-11-27/h3,5-6,8-15,17,30-32,34,39-40H,2,4,7,16,18-23H2,1H3,(H2,36,37,42)/t30-,31-,32+,34+/m0/s1. The number of hydrogen-bond acceptors (Lipinski definition) is 8. The zero-order valence-electron chi connectivity index (χ0n) is 25.7. The van der Waals surface area contributed by atoms with E-state index in [0.29, 0.717) is 13.0 Å². The number of carbonyl (C=O) groups is 2. The first-order valence-corrected chi connectivity index (χ1v) is 15.7. The number of amides is 2. The average Bonchev–Trinajstić information content (AvgIpc) is 3.53. The van der Waals surface area contributed by atoms with Gasteiger partial charge >= 0.3 is 12.0 Å². The van der Waals surface area contributed by atoms with E-state index in [4.69, 9.17) is 14.2 Å². The number of urea groups is 1. The van der Waals surface area contributed by atoms with Crippen molar-refractivity contribution in [2.24, 2.45) is 0 Å². The van der Waals surface area contributed by atoms with Gasteiger partial charge in [0, 0.05) is 31.1 Å². The van der Waals surface area contributed by atoms with Crippen LogP contribution < -0.4 is 10.6 Å². The van der Waals surface area contributed by atoms with Gasteiger partial charge in [0.25, 0.3) is 0 Å². The van der Waals surface area contributed by atoms with Gasteiger partial charge in [-0.25, -0.2) is 4.79 Å². The molecular weight excluding hydrogens is 574 g/mol. The summed E-state index contributed by atoms with van der Waals surface area (Å²) in [6.45, 7) is 3.94. The van der Waals surface area contributed by atoms with Gasteiger partial charge in [0.05, 0.1) is 32.0 Å². The van der Waals surface area contributed by atoms with Gasteiger partial charge in [-0.1, -0.05) is 66.7 Å². The highest BCUT2D eigenvalue weighted by Gasteiger charge is 2.35. The van der Waals surface area contributed by atoms with E-state index in [9.17, 15) is 19.8 Å². The highest BCUT2D eigenvalue weighted by atomic mass is 16.7. The lowest BCUT2D eigenvalue weighted by atomic mass is 9.99. The number of nitrogens with zero attached hydrogens (tertiary/aromatic N) is 1. The van der Waals surface area contributed by atoms with E-state index in [-0.39, 0.29) is 44.6 Å². The van der Waals surface area contributed by atoms with Crippen LogP contribution in [0.5, 0.6) is 0 Å². The number of nitrogens with one attached hydrogen (secondary N) is 2. The molecule has 0 saturated carbocycles. The smallest absolute Gasteiger partial charge is 0.325 e.